The van der Waals surface area contributed by atoms with Crippen LogP contribution in [0.15, 0.2) is 29.2 Å². The quantitative estimate of drug-likeness (QED) is 0.247. The maximum absolute atomic E-state index is 11.3. The number of nitrogen functional groups attached to an aromatic ring is 1. The third-order valence-corrected chi connectivity index (χ3v) is 3.53. The minimum absolute atomic E-state index is 0.0956. The molecule has 0 aliphatic heterocycles. The Labute approximate surface area is 107 Å². The van der Waals surface area contributed by atoms with Crippen LogP contribution in [-0.4, -0.2) is 23.0 Å². The van der Waals surface area contributed by atoms with Gasteiger partial charge in [0.05, 0.1) is 10.6 Å². The number of hydrogen-bond acceptors (Lipinski definition) is 6. The Morgan fingerprint density at radius 2 is 1.74 bits per heavy atom. The summed E-state index contributed by atoms with van der Waals surface area (Å²) in [5.41, 5.74) is 4.07. The minimum atomic E-state index is -4.90. The molecule has 0 radical (unpaired) electrons. The average molecular weight is 284 g/mol. The molecule has 9 heteroatoms. The number of nitro benzene ring substituents is 1. The maximum Gasteiger partial charge on any atom is 0.334 e. The first kappa shape index (κ1) is 13.1. The Morgan fingerprint density at radius 1 is 1.21 bits per heavy atom. The van der Waals surface area contributed by atoms with Crippen LogP contribution in [0.5, 0.6) is 5.75 Å². The fourth-order valence-electron chi connectivity index (χ4n) is 1.84. The summed E-state index contributed by atoms with van der Waals surface area (Å²) >= 11 is 0. The van der Waals surface area contributed by atoms with Crippen LogP contribution in [-0.2, 0) is 10.1 Å². The second kappa shape index (κ2) is 4.07. The summed E-state index contributed by atoms with van der Waals surface area (Å²) in [7, 11) is -4.90. The van der Waals surface area contributed by atoms with E-state index in [1.807, 2.05) is 0 Å². The molecule has 0 aliphatic carbocycles. The lowest BCUT2D eigenvalue weighted by Crippen LogP contribution is -2.06. The Morgan fingerprint density at radius 3 is 2.21 bits per heavy atom. The SMILES string of the molecule is Nc1c(O)c([N+](=O)[O-])c(S(=O)(=O)O)c2ccccc12. The summed E-state index contributed by atoms with van der Waals surface area (Å²) in [6.07, 6.45) is 0. The maximum atomic E-state index is 11.3. The first-order valence-electron chi connectivity index (χ1n) is 4.90. The molecule has 0 spiro atoms. The Hall–Kier alpha value is -2.39. The van der Waals surface area contributed by atoms with Crippen molar-refractivity contribution in [1.82, 2.24) is 0 Å². The van der Waals surface area contributed by atoms with Crippen molar-refractivity contribution in [1.29, 1.82) is 0 Å². The number of rotatable bonds is 2. The number of nitrogens with zero attached hydrogens (tertiary/aromatic N) is 1. The molecule has 100 valence electrons. The van der Waals surface area contributed by atoms with E-state index in [-0.39, 0.29) is 16.5 Å². The van der Waals surface area contributed by atoms with Gasteiger partial charge in [0.25, 0.3) is 0 Å². The van der Waals surface area contributed by atoms with Crippen LogP contribution >= 0.6 is 0 Å². The molecule has 2 aromatic rings. The van der Waals surface area contributed by atoms with Crippen LogP contribution in [0.25, 0.3) is 10.8 Å². The number of fused-ring (bicyclic) bond motifs is 1. The van der Waals surface area contributed by atoms with Gasteiger partial charge in [-0.05, 0) is 0 Å². The lowest BCUT2D eigenvalue weighted by atomic mass is 10.1. The molecule has 19 heavy (non-hydrogen) atoms. The molecule has 0 amide bonds. The third kappa shape index (κ3) is 1.94. The van der Waals surface area contributed by atoms with Gasteiger partial charge in [0.1, 0.15) is 0 Å². The van der Waals surface area contributed by atoms with E-state index in [1.54, 1.807) is 0 Å². The van der Waals surface area contributed by atoms with E-state index < -0.39 is 31.4 Å². The lowest BCUT2D eigenvalue weighted by Gasteiger charge is -2.09. The van der Waals surface area contributed by atoms with E-state index in [0.717, 1.165) is 0 Å². The summed E-state index contributed by atoms with van der Waals surface area (Å²) in [6, 6.07) is 5.57. The number of anilines is 1. The standard InChI is InChI=1S/C10H8N2O6S/c11-7-5-3-1-2-4-6(5)10(19(16,17)18)8(9(7)13)12(14)15/h1-4,13H,11H2,(H,16,17,18). The monoisotopic (exact) mass is 284 g/mol. The molecule has 0 bridgehead atoms. The zero-order valence-corrected chi connectivity index (χ0v) is 10.1. The zero-order valence-electron chi connectivity index (χ0n) is 9.27. The van der Waals surface area contributed by atoms with Gasteiger partial charge in [-0.3, -0.25) is 14.7 Å². The summed E-state index contributed by atoms with van der Waals surface area (Å²) in [5.74, 6) is -0.990. The number of phenolic OH excluding ortho intramolecular Hbond substituents is 1. The van der Waals surface area contributed by atoms with Crippen LogP contribution in [0.3, 0.4) is 0 Å². The molecule has 4 N–H and O–H groups in total. The number of phenols is 1. The van der Waals surface area contributed by atoms with Gasteiger partial charge in [0.15, 0.2) is 4.90 Å². The second-order valence-corrected chi connectivity index (χ2v) is 5.08. The molecule has 0 aliphatic rings. The molecule has 0 aromatic heterocycles. The van der Waals surface area contributed by atoms with E-state index in [2.05, 4.69) is 0 Å². The number of aromatic hydroxyl groups is 1. The number of benzene rings is 2. The van der Waals surface area contributed by atoms with E-state index in [9.17, 15) is 23.6 Å². The predicted molar refractivity (Wildman–Crippen MR) is 66.5 cm³/mol. The molecule has 0 heterocycles. The zero-order chi connectivity index (χ0) is 14.4. The highest BCUT2D eigenvalue weighted by molar-refractivity contribution is 7.86. The number of hydrogen-bond donors (Lipinski definition) is 3. The van der Waals surface area contributed by atoms with Crippen molar-refractivity contribution < 1.29 is 23.0 Å². The molecule has 0 atom stereocenters. The predicted octanol–water partition coefficient (Wildman–Crippen LogP) is 1.28. The highest BCUT2D eigenvalue weighted by Gasteiger charge is 2.33. The van der Waals surface area contributed by atoms with Crippen molar-refractivity contribution >= 4 is 32.3 Å². The molecular formula is C10H8N2O6S. The third-order valence-electron chi connectivity index (χ3n) is 2.60. The molecule has 0 saturated heterocycles. The largest absolute Gasteiger partial charge is 0.501 e. The Kier molecular flexibility index (Phi) is 2.80. The molecule has 8 nitrogen and oxygen atoms in total. The van der Waals surface area contributed by atoms with Crippen molar-refractivity contribution in [3.8, 4) is 5.75 Å². The second-order valence-electron chi connectivity index (χ2n) is 3.72. The molecule has 0 fully saturated rings. The normalized spacial score (nSPS) is 11.6. The highest BCUT2D eigenvalue weighted by Crippen LogP contribution is 2.44. The van der Waals surface area contributed by atoms with Crippen LogP contribution in [0.1, 0.15) is 0 Å². The van der Waals surface area contributed by atoms with Crippen molar-refractivity contribution in [3.63, 3.8) is 0 Å². The van der Waals surface area contributed by atoms with Crippen LogP contribution in [0.4, 0.5) is 11.4 Å². The number of nitrogens with two attached hydrogens (primary N) is 1. The van der Waals surface area contributed by atoms with Gasteiger partial charge in [0, 0.05) is 10.8 Å². The fourth-order valence-corrected chi connectivity index (χ4v) is 2.71. The van der Waals surface area contributed by atoms with E-state index in [1.165, 1.54) is 24.3 Å². The van der Waals surface area contributed by atoms with Gasteiger partial charge in [-0.25, -0.2) is 0 Å². The molecule has 0 saturated carbocycles. The van der Waals surface area contributed by atoms with Crippen molar-refractivity contribution in [2.24, 2.45) is 0 Å². The molecule has 2 aromatic carbocycles. The Bertz CT molecular complexity index is 799. The molecule has 2 rings (SSSR count). The molecule has 0 unspecified atom stereocenters. The van der Waals surface area contributed by atoms with Crippen molar-refractivity contribution in [2.45, 2.75) is 4.90 Å². The number of nitro groups is 1. The van der Waals surface area contributed by atoms with Gasteiger partial charge in [-0.2, -0.15) is 8.42 Å². The first-order valence-corrected chi connectivity index (χ1v) is 6.34. The smallest absolute Gasteiger partial charge is 0.334 e. The van der Waals surface area contributed by atoms with Crippen LogP contribution in [0, 0.1) is 10.1 Å². The van der Waals surface area contributed by atoms with E-state index >= 15 is 0 Å². The van der Waals surface area contributed by atoms with Gasteiger partial charge in [-0.15, -0.1) is 0 Å². The first-order chi connectivity index (χ1) is 8.75. The van der Waals surface area contributed by atoms with Gasteiger partial charge < -0.3 is 10.8 Å². The van der Waals surface area contributed by atoms with E-state index in [4.69, 9.17) is 10.3 Å². The van der Waals surface area contributed by atoms with Gasteiger partial charge >= 0.3 is 15.8 Å². The summed E-state index contributed by atoms with van der Waals surface area (Å²) < 4.78 is 31.8. The highest BCUT2D eigenvalue weighted by atomic mass is 32.2. The van der Waals surface area contributed by atoms with Crippen molar-refractivity contribution in [3.05, 3.63) is 34.4 Å². The summed E-state index contributed by atoms with van der Waals surface area (Å²) in [4.78, 5) is 8.82. The minimum Gasteiger partial charge on any atom is -0.501 e. The van der Waals surface area contributed by atoms with E-state index in [0.29, 0.717) is 0 Å². The lowest BCUT2D eigenvalue weighted by molar-refractivity contribution is -0.388. The van der Waals surface area contributed by atoms with Crippen LogP contribution < -0.4 is 5.73 Å². The average Bonchev–Trinajstić information content (AvgIpc) is 2.31. The Balaban J connectivity index is 3.18. The van der Waals surface area contributed by atoms with Crippen molar-refractivity contribution in [2.75, 3.05) is 5.73 Å². The van der Waals surface area contributed by atoms with Gasteiger partial charge in [-0.1, -0.05) is 24.3 Å². The van der Waals surface area contributed by atoms with Gasteiger partial charge in [0.2, 0.25) is 5.75 Å². The topological polar surface area (TPSA) is 144 Å². The van der Waals surface area contributed by atoms with Crippen LogP contribution in [0.2, 0.25) is 0 Å². The summed E-state index contributed by atoms with van der Waals surface area (Å²) in [5, 5.41) is 20.5. The summed E-state index contributed by atoms with van der Waals surface area (Å²) in [6.45, 7) is 0. The fraction of sp³-hybridized carbons (Fsp3) is 0. The molecular weight excluding hydrogens is 276 g/mol.